The van der Waals surface area contributed by atoms with Crippen molar-refractivity contribution >= 4 is 11.9 Å². The lowest BCUT2D eigenvalue weighted by atomic mass is 9.96. The number of carbonyl (C=O) groups excluding carboxylic acids is 2. The van der Waals surface area contributed by atoms with Crippen LogP contribution >= 0.6 is 0 Å². The van der Waals surface area contributed by atoms with Gasteiger partial charge in [0.15, 0.2) is 0 Å². The second kappa shape index (κ2) is 12.8. The van der Waals surface area contributed by atoms with Gasteiger partial charge in [-0.3, -0.25) is 9.59 Å². The van der Waals surface area contributed by atoms with E-state index in [0.29, 0.717) is 12.3 Å². The van der Waals surface area contributed by atoms with E-state index in [1.807, 2.05) is 0 Å². The smallest absolute Gasteiger partial charge is 0.316 e. The molecular weight excluding hydrogens is 264 g/mol. The predicted octanol–water partition coefficient (Wildman–Crippen LogP) is 5.27. The van der Waals surface area contributed by atoms with E-state index in [9.17, 15) is 9.59 Å². The number of hydrogen-bond acceptors (Lipinski definition) is 3. The van der Waals surface area contributed by atoms with E-state index >= 15 is 0 Å². The van der Waals surface area contributed by atoms with Crippen molar-refractivity contribution < 1.29 is 14.3 Å². The van der Waals surface area contributed by atoms with Gasteiger partial charge in [0.1, 0.15) is 0 Å². The Bertz CT molecular complexity index is 282. The fraction of sp³-hybridized carbons (Fsp3) is 0.889. The molecule has 0 aliphatic rings. The van der Waals surface area contributed by atoms with Crippen LogP contribution in [0, 0.1) is 11.8 Å². The Hall–Kier alpha value is -0.860. The van der Waals surface area contributed by atoms with E-state index in [0.717, 1.165) is 57.8 Å². The predicted molar refractivity (Wildman–Crippen MR) is 86.9 cm³/mol. The van der Waals surface area contributed by atoms with Gasteiger partial charge < -0.3 is 4.74 Å². The Morgan fingerprint density at radius 2 is 1.52 bits per heavy atom. The highest BCUT2D eigenvalue weighted by Gasteiger charge is 2.21. The zero-order chi connectivity index (χ0) is 16.1. The molecule has 0 radical (unpaired) electrons. The summed E-state index contributed by atoms with van der Waals surface area (Å²) in [6.45, 7) is 8.53. The Kier molecular flexibility index (Phi) is 12.3. The fourth-order valence-electron chi connectivity index (χ4n) is 2.66. The van der Waals surface area contributed by atoms with Crippen LogP contribution in [0.1, 0.15) is 91.9 Å². The van der Waals surface area contributed by atoms with Crippen molar-refractivity contribution in [2.75, 3.05) is 0 Å². The maximum Gasteiger partial charge on any atom is 0.316 e. The third-order valence-corrected chi connectivity index (χ3v) is 4.24. The molecule has 0 amide bonds. The first-order valence-electron chi connectivity index (χ1n) is 8.83. The maximum atomic E-state index is 12.0. The summed E-state index contributed by atoms with van der Waals surface area (Å²) in [4.78, 5) is 23.8. The van der Waals surface area contributed by atoms with Crippen molar-refractivity contribution in [1.29, 1.82) is 0 Å². The van der Waals surface area contributed by atoms with Gasteiger partial charge in [-0.25, -0.2) is 0 Å². The van der Waals surface area contributed by atoms with Crippen LogP contribution < -0.4 is 0 Å². The lowest BCUT2D eigenvalue weighted by molar-refractivity contribution is -0.163. The van der Waals surface area contributed by atoms with Crippen LogP contribution in [0.25, 0.3) is 0 Å². The van der Waals surface area contributed by atoms with Crippen molar-refractivity contribution in [3.63, 3.8) is 0 Å². The molecule has 0 aromatic carbocycles. The molecule has 0 rings (SSSR count). The quantitative estimate of drug-likeness (QED) is 0.364. The molecule has 0 aromatic heterocycles. The number of esters is 2. The molecule has 0 aromatic rings. The first-order valence-corrected chi connectivity index (χ1v) is 8.83. The summed E-state index contributed by atoms with van der Waals surface area (Å²) in [5.74, 6) is -0.0646. The Morgan fingerprint density at radius 1 is 0.857 bits per heavy atom. The Labute approximate surface area is 130 Å². The first kappa shape index (κ1) is 20.1. The van der Waals surface area contributed by atoms with E-state index in [2.05, 4.69) is 27.7 Å². The van der Waals surface area contributed by atoms with Crippen LogP contribution in [-0.4, -0.2) is 11.9 Å². The van der Waals surface area contributed by atoms with E-state index < -0.39 is 0 Å². The van der Waals surface area contributed by atoms with Crippen LogP contribution in [-0.2, 0) is 14.3 Å². The molecule has 0 aliphatic carbocycles. The Morgan fingerprint density at radius 3 is 2.05 bits per heavy atom. The highest BCUT2D eigenvalue weighted by atomic mass is 16.6. The molecule has 3 nitrogen and oxygen atoms in total. The minimum absolute atomic E-state index is 0.0991. The molecule has 1 unspecified atom stereocenters. The number of hydrogen-bond donors (Lipinski definition) is 0. The highest BCUT2D eigenvalue weighted by molar-refractivity contribution is 5.86. The van der Waals surface area contributed by atoms with Crippen LogP contribution in [0.15, 0.2) is 0 Å². The van der Waals surface area contributed by atoms with Crippen LogP contribution in [0.3, 0.4) is 0 Å². The van der Waals surface area contributed by atoms with Gasteiger partial charge in [0.25, 0.3) is 0 Å². The minimum atomic E-state index is -0.344. The van der Waals surface area contributed by atoms with E-state index in [4.69, 9.17) is 4.74 Å². The lowest BCUT2D eigenvalue weighted by Crippen LogP contribution is -2.21. The van der Waals surface area contributed by atoms with Crippen LogP contribution in [0.2, 0.25) is 0 Å². The molecule has 3 heteroatoms. The summed E-state index contributed by atoms with van der Waals surface area (Å²) in [5, 5.41) is 0. The van der Waals surface area contributed by atoms with Gasteiger partial charge in [0.2, 0.25) is 0 Å². The summed E-state index contributed by atoms with van der Waals surface area (Å²) in [7, 11) is 0. The minimum Gasteiger partial charge on any atom is -0.393 e. The SMILES string of the molecule is CCCCC(CCC)C(=O)OC(=O)CCCC(CC)CC. The number of ether oxygens (including phenoxy) is 1. The zero-order valence-corrected chi connectivity index (χ0v) is 14.5. The largest absolute Gasteiger partial charge is 0.393 e. The molecule has 0 saturated carbocycles. The lowest BCUT2D eigenvalue weighted by Gasteiger charge is -2.14. The molecule has 0 fully saturated rings. The van der Waals surface area contributed by atoms with Gasteiger partial charge in [0, 0.05) is 6.42 Å². The average Bonchev–Trinajstić information content (AvgIpc) is 2.47. The molecule has 0 spiro atoms. The molecular formula is C18H34O3. The van der Waals surface area contributed by atoms with Crippen molar-refractivity contribution in [2.45, 2.75) is 91.9 Å². The fourth-order valence-corrected chi connectivity index (χ4v) is 2.66. The van der Waals surface area contributed by atoms with Gasteiger partial charge in [0.05, 0.1) is 5.92 Å². The van der Waals surface area contributed by atoms with Gasteiger partial charge in [-0.15, -0.1) is 0 Å². The molecule has 21 heavy (non-hydrogen) atoms. The van der Waals surface area contributed by atoms with Crippen LogP contribution in [0.4, 0.5) is 0 Å². The van der Waals surface area contributed by atoms with Crippen molar-refractivity contribution in [3.8, 4) is 0 Å². The van der Waals surface area contributed by atoms with Gasteiger partial charge in [-0.1, -0.05) is 59.8 Å². The summed E-state index contributed by atoms with van der Waals surface area (Å²) < 4.78 is 5.03. The topological polar surface area (TPSA) is 43.4 Å². The number of rotatable bonds is 12. The monoisotopic (exact) mass is 298 g/mol. The number of unbranched alkanes of at least 4 members (excludes halogenated alkanes) is 1. The van der Waals surface area contributed by atoms with Gasteiger partial charge in [-0.2, -0.15) is 0 Å². The molecule has 0 aliphatic heterocycles. The van der Waals surface area contributed by atoms with E-state index in [-0.39, 0.29) is 17.9 Å². The molecule has 0 bridgehead atoms. The standard InChI is InChI=1S/C18H34O3/c1-5-9-13-16(11-6-2)18(20)21-17(19)14-10-12-15(7-3)8-4/h15-16H,5-14H2,1-4H3. The number of carbonyl (C=O) groups is 2. The normalized spacial score (nSPS) is 12.4. The summed E-state index contributed by atoms with van der Waals surface area (Å²) >= 11 is 0. The van der Waals surface area contributed by atoms with Gasteiger partial charge >= 0.3 is 11.9 Å². The summed E-state index contributed by atoms with van der Waals surface area (Å²) in [6.07, 6.45) is 9.24. The van der Waals surface area contributed by atoms with Crippen LogP contribution in [0.5, 0.6) is 0 Å². The van der Waals surface area contributed by atoms with Gasteiger partial charge in [-0.05, 0) is 31.6 Å². The van der Waals surface area contributed by atoms with E-state index in [1.54, 1.807) is 0 Å². The molecule has 0 saturated heterocycles. The van der Waals surface area contributed by atoms with E-state index in [1.165, 1.54) is 0 Å². The van der Waals surface area contributed by atoms with Crippen molar-refractivity contribution in [2.24, 2.45) is 11.8 Å². The summed E-state index contributed by atoms with van der Waals surface area (Å²) in [6, 6.07) is 0. The molecule has 0 N–H and O–H groups in total. The highest BCUT2D eigenvalue weighted by Crippen LogP contribution is 2.18. The summed E-state index contributed by atoms with van der Waals surface area (Å²) in [5.41, 5.74) is 0. The molecule has 124 valence electrons. The second-order valence-corrected chi connectivity index (χ2v) is 6.00. The second-order valence-electron chi connectivity index (χ2n) is 6.00. The maximum absolute atomic E-state index is 12.0. The third kappa shape index (κ3) is 9.65. The molecule has 0 heterocycles. The molecule has 1 atom stereocenters. The first-order chi connectivity index (χ1) is 10.1. The third-order valence-electron chi connectivity index (χ3n) is 4.24. The van der Waals surface area contributed by atoms with Crippen molar-refractivity contribution in [3.05, 3.63) is 0 Å². The average molecular weight is 298 g/mol. The Balaban J connectivity index is 4.07. The zero-order valence-electron chi connectivity index (χ0n) is 14.5. The van der Waals surface area contributed by atoms with Crippen molar-refractivity contribution in [1.82, 2.24) is 0 Å².